The van der Waals surface area contributed by atoms with E-state index in [9.17, 15) is 27.6 Å². The summed E-state index contributed by atoms with van der Waals surface area (Å²) >= 11 is 8.11. The summed E-state index contributed by atoms with van der Waals surface area (Å²) in [5, 5.41) is 9.23. The third-order valence-electron chi connectivity index (χ3n) is 5.23. The van der Waals surface area contributed by atoms with E-state index in [4.69, 9.17) is 0 Å². The number of imide groups is 2. The summed E-state index contributed by atoms with van der Waals surface area (Å²) in [7, 11) is -3.67. The minimum atomic E-state index is -3.67. The van der Waals surface area contributed by atoms with Gasteiger partial charge in [0, 0.05) is 19.6 Å². The number of hydrogen-bond acceptors (Lipinski definition) is 7. The molecule has 14 heteroatoms. The minimum absolute atomic E-state index is 0.103. The average molecular weight is 662 g/mol. The zero-order chi connectivity index (χ0) is 26.7. The molecule has 2 aromatic carbocycles. The smallest absolute Gasteiger partial charge is 0.322 e. The molecule has 2 fully saturated rings. The van der Waals surface area contributed by atoms with Crippen LogP contribution in [0.4, 0.5) is 9.59 Å². The first kappa shape index (κ1) is 28.2. The highest BCUT2D eigenvalue weighted by molar-refractivity contribution is 9.10. The molecule has 0 aliphatic carbocycles. The van der Waals surface area contributed by atoms with Crippen LogP contribution >= 0.6 is 43.6 Å². The predicted octanol–water partition coefficient (Wildman–Crippen LogP) is 2.96. The van der Waals surface area contributed by atoms with Crippen molar-refractivity contribution in [3.8, 4) is 0 Å². The van der Waals surface area contributed by atoms with Gasteiger partial charge in [-0.25, -0.2) is 18.0 Å². The normalized spacial score (nSPS) is 23.2. The number of benzene rings is 2. The summed E-state index contributed by atoms with van der Waals surface area (Å²) in [4.78, 5) is 46.5. The Balaban J connectivity index is 0.000000202. The lowest BCUT2D eigenvalue weighted by Crippen LogP contribution is -2.49. The van der Waals surface area contributed by atoms with Crippen LogP contribution in [0.5, 0.6) is 0 Å². The lowest BCUT2D eigenvalue weighted by atomic mass is 10.1. The quantitative estimate of drug-likeness (QED) is 0.275. The summed E-state index contributed by atoms with van der Waals surface area (Å²) in [5.74, 6) is -0.893. The number of amides is 6. The van der Waals surface area contributed by atoms with Crippen molar-refractivity contribution in [3.05, 3.63) is 57.5 Å². The predicted molar refractivity (Wildman–Crippen MR) is 141 cm³/mol. The molecule has 4 rings (SSSR count). The third-order valence-corrected chi connectivity index (χ3v) is 9.56. The second-order valence-corrected chi connectivity index (χ2v) is 13.3. The lowest BCUT2D eigenvalue weighted by Gasteiger charge is -2.20. The van der Waals surface area contributed by atoms with Crippen molar-refractivity contribution in [3.63, 3.8) is 0 Å². The molecule has 0 radical (unpaired) electrons. The molecule has 2 unspecified atom stereocenters. The zero-order valence-electron chi connectivity index (χ0n) is 19.1. The van der Waals surface area contributed by atoms with E-state index in [1.807, 2.05) is 29.6 Å². The molecule has 0 aromatic heterocycles. The standard InChI is InChI=1S/C11H11BrN2O4S.C11H11BrN2O2S/c1-11(9(15)13-10(16)14-11)6-19(17,18)8-4-2-7(12)3-5-8;1-11(9(15)13-10(16)14-11)6-17-8-4-2-7(12)3-5-8/h2-5H,6H2,1H3,(H2,13,14,15,16);2-5H,6H2,1H3,(H2,13,14,15,16). The maximum Gasteiger partial charge on any atom is 0.322 e. The van der Waals surface area contributed by atoms with E-state index in [1.54, 1.807) is 19.1 Å². The first-order chi connectivity index (χ1) is 16.7. The Kier molecular flexibility index (Phi) is 8.53. The van der Waals surface area contributed by atoms with Crippen LogP contribution in [0.3, 0.4) is 0 Å². The SMILES string of the molecule is CC1(CS(=O)(=O)c2ccc(Br)cc2)NC(=O)NC1=O.CC1(CSc2ccc(Br)cc2)NC(=O)NC1=O. The second-order valence-electron chi connectivity index (χ2n) is 8.44. The summed E-state index contributed by atoms with van der Waals surface area (Å²) in [6.45, 7) is 3.10. The molecule has 2 aliphatic heterocycles. The summed E-state index contributed by atoms with van der Waals surface area (Å²) in [5.41, 5.74) is -2.27. The van der Waals surface area contributed by atoms with Gasteiger partial charge in [-0.1, -0.05) is 31.9 Å². The number of sulfone groups is 1. The number of hydrogen-bond donors (Lipinski definition) is 4. The van der Waals surface area contributed by atoms with Gasteiger partial charge in [0.05, 0.1) is 10.6 Å². The van der Waals surface area contributed by atoms with Gasteiger partial charge in [0.25, 0.3) is 11.8 Å². The van der Waals surface area contributed by atoms with E-state index in [-0.39, 0.29) is 10.8 Å². The van der Waals surface area contributed by atoms with Gasteiger partial charge in [-0.15, -0.1) is 11.8 Å². The Morgan fingerprint density at radius 1 is 0.750 bits per heavy atom. The monoisotopic (exact) mass is 660 g/mol. The van der Waals surface area contributed by atoms with E-state index in [1.165, 1.54) is 30.8 Å². The molecule has 192 valence electrons. The van der Waals surface area contributed by atoms with Crippen LogP contribution in [0.25, 0.3) is 0 Å². The number of carbonyl (C=O) groups excluding carboxylic acids is 4. The van der Waals surface area contributed by atoms with Gasteiger partial charge in [0.1, 0.15) is 11.1 Å². The van der Waals surface area contributed by atoms with Crippen molar-refractivity contribution in [1.82, 2.24) is 21.3 Å². The average Bonchev–Trinajstić information content (AvgIpc) is 3.19. The highest BCUT2D eigenvalue weighted by Gasteiger charge is 2.45. The van der Waals surface area contributed by atoms with E-state index < -0.39 is 44.6 Å². The Bertz CT molecular complexity index is 1300. The van der Waals surface area contributed by atoms with Crippen molar-refractivity contribution in [1.29, 1.82) is 0 Å². The van der Waals surface area contributed by atoms with Crippen LogP contribution in [0, 0.1) is 0 Å². The van der Waals surface area contributed by atoms with Crippen LogP contribution in [0.2, 0.25) is 0 Å². The molecule has 10 nitrogen and oxygen atoms in total. The lowest BCUT2D eigenvalue weighted by molar-refractivity contribution is -0.123. The number of halogens is 2. The van der Waals surface area contributed by atoms with E-state index in [0.717, 1.165) is 13.8 Å². The topological polar surface area (TPSA) is 151 Å². The molecular formula is C22H22Br2N4O6S2. The fourth-order valence-corrected chi connectivity index (χ4v) is 6.42. The van der Waals surface area contributed by atoms with Crippen LogP contribution in [0.1, 0.15) is 13.8 Å². The highest BCUT2D eigenvalue weighted by atomic mass is 79.9. The molecule has 2 atom stereocenters. The molecule has 4 N–H and O–H groups in total. The molecule has 6 amide bonds. The van der Waals surface area contributed by atoms with E-state index >= 15 is 0 Å². The van der Waals surface area contributed by atoms with Crippen molar-refractivity contribution >= 4 is 77.3 Å². The van der Waals surface area contributed by atoms with Gasteiger partial charge in [-0.3, -0.25) is 20.2 Å². The number of rotatable bonds is 6. The van der Waals surface area contributed by atoms with Gasteiger partial charge in [0.15, 0.2) is 9.84 Å². The molecule has 2 aromatic rings. The number of carbonyl (C=O) groups is 4. The van der Waals surface area contributed by atoms with Crippen LogP contribution in [-0.2, 0) is 19.4 Å². The van der Waals surface area contributed by atoms with E-state index in [0.29, 0.717) is 5.75 Å². The Hall–Kier alpha value is -2.42. The fraction of sp³-hybridized carbons (Fsp3) is 0.273. The van der Waals surface area contributed by atoms with Crippen LogP contribution in [-0.4, -0.2) is 54.9 Å². The maximum atomic E-state index is 12.2. The first-order valence-electron chi connectivity index (χ1n) is 10.4. The molecule has 2 saturated heterocycles. The highest BCUT2D eigenvalue weighted by Crippen LogP contribution is 2.26. The number of urea groups is 2. The molecule has 2 aliphatic rings. The number of nitrogens with one attached hydrogen (secondary N) is 4. The zero-order valence-corrected chi connectivity index (χ0v) is 23.9. The molecule has 36 heavy (non-hydrogen) atoms. The Morgan fingerprint density at radius 2 is 1.19 bits per heavy atom. The summed E-state index contributed by atoms with van der Waals surface area (Å²) in [6, 6.07) is 12.8. The summed E-state index contributed by atoms with van der Waals surface area (Å²) in [6.07, 6.45) is 0. The Morgan fingerprint density at radius 3 is 1.64 bits per heavy atom. The fourth-order valence-electron chi connectivity index (χ4n) is 3.23. The van der Waals surface area contributed by atoms with E-state index in [2.05, 4.69) is 47.8 Å². The van der Waals surface area contributed by atoms with Crippen LogP contribution < -0.4 is 21.3 Å². The second kappa shape index (κ2) is 10.9. The molecule has 0 bridgehead atoms. The van der Waals surface area contributed by atoms with Crippen LogP contribution in [0.15, 0.2) is 67.3 Å². The van der Waals surface area contributed by atoms with Crippen molar-refractivity contribution in [2.45, 2.75) is 34.7 Å². The first-order valence-corrected chi connectivity index (χ1v) is 14.6. The molecule has 2 heterocycles. The molecule has 0 saturated carbocycles. The minimum Gasteiger partial charge on any atom is -0.323 e. The van der Waals surface area contributed by atoms with Gasteiger partial charge in [0.2, 0.25) is 0 Å². The third kappa shape index (κ3) is 6.87. The van der Waals surface area contributed by atoms with Crippen molar-refractivity contribution in [2.75, 3.05) is 11.5 Å². The maximum absolute atomic E-state index is 12.2. The molecular weight excluding hydrogens is 640 g/mol. The number of thioether (sulfide) groups is 1. The van der Waals surface area contributed by atoms with Gasteiger partial charge in [-0.2, -0.15) is 0 Å². The van der Waals surface area contributed by atoms with Gasteiger partial charge >= 0.3 is 12.1 Å². The summed E-state index contributed by atoms with van der Waals surface area (Å²) < 4.78 is 26.2. The van der Waals surface area contributed by atoms with Gasteiger partial charge in [-0.05, 0) is 62.4 Å². The van der Waals surface area contributed by atoms with Crippen molar-refractivity contribution < 1.29 is 27.6 Å². The molecule has 0 spiro atoms. The largest absolute Gasteiger partial charge is 0.323 e. The Labute approximate surface area is 228 Å². The van der Waals surface area contributed by atoms with Gasteiger partial charge < -0.3 is 10.6 Å². The van der Waals surface area contributed by atoms with Crippen molar-refractivity contribution in [2.24, 2.45) is 0 Å².